The second-order valence-corrected chi connectivity index (χ2v) is 7.26. The van der Waals surface area contributed by atoms with Crippen LogP contribution in [0.3, 0.4) is 0 Å². The summed E-state index contributed by atoms with van der Waals surface area (Å²) in [5.41, 5.74) is 2.04. The van der Waals surface area contributed by atoms with Gasteiger partial charge in [-0.25, -0.2) is 0 Å². The SMILES string of the molecule is O=C(COc1cc(C(F)(F)F)nn1-c1ccccc1O)NCc1cccc2c1C=CCC2. The number of benzene rings is 2. The summed E-state index contributed by atoms with van der Waals surface area (Å²) < 4.78 is 45.7. The molecule has 6 nitrogen and oxygen atoms in total. The predicted molar refractivity (Wildman–Crippen MR) is 111 cm³/mol. The molecule has 4 rings (SSSR count). The Balaban J connectivity index is 1.47. The Kier molecular flexibility index (Phi) is 5.89. The molecule has 3 aromatic rings. The van der Waals surface area contributed by atoms with E-state index in [1.54, 1.807) is 0 Å². The van der Waals surface area contributed by atoms with Crippen molar-refractivity contribution >= 4 is 12.0 Å². The number of ether oxygens (including phenoxy) is 1. The molecule has 2 aromatic carbocycles. The molecule has 0 aliphatic heterocycles. The maximum atomic E-state index is 13.2. The second kappa shape index (κ2) is 8.78. The van der Waals surface area contributed by atoms with Crippen molar-refractivity contribution in [3.05, 3.63) is 77.0 Å². The first-order valence-electron chi connectivity index (χ1n) is 9.95. The summed E-state index contributed by atoms with van der Waals surface area (Å²) in [4.78, 5) is 12.3. The molecule has 0 fully saturated rings. The minimum atomic E-state index is -4.71. The Bertz CT molecular complexity index is 1170. The van der Waals surface area contributed by atoms with Gasteiger partial charge in [0.1, 0.15) is 11.4 Å². The largest absolute Gasteiger partial charge is 0.506 e. The minimum absolute atomic E-state index is 0.00103. The zero-order valence-corrected chi connectivity index (χ0v) is 16.9. The number of halogens is 3. The molecule has 1 aromatic heterocycles. The Morgan fingerprint density at radius 3 is 2.78 bits per heavy atom. The van der Waals surface area contributed by atoms with Crippen molar-refractivity contribution < 1.29 is 27.8 Å². The fourth-order valence-electron chi connectivity index (χ4n) is 3.50. The van der Waals surface area contributed by atoms with Gasteiger partial charge in [0.25, 0.3) is 5.91 Å². The van der Waals surface area contributed by atoms with Crippen molar-refractivity contribution in [1.82, 2.24) is 15.1 Å². The number of nitrogens with one attached hydrogen (secondary N) is 1. The maximum Gasteiger partial charge on any atom is 0.435 e. The standard InChI is InChI=1S/C23H20F3N3O3/c24-23(25,26)20-12-22(29(28-20)18-10-3-4-11-19(18)30)32-14-21(31)27-13-16-8-5-7-15-6-1-2-9-17(15)16/h2-5,7-12,30H,1,6,13-14H2,(H,27,31). The van der Waals surface area contributed by atoms with Crippen LogP contribution >= 0.6 is 0 Å². The van der Waals surface area contributed by atoms with Crippen LogP contribution in [0.5, 0.6) is 11.6 Å². The Morgan fingerprint density at radius 1 is 1.19 bits per heavy atom. The Morgan fingerprint density at radius 2 is 2.00 bits per heavy atom. The van der Waals surface area contributed by atoms with E-state index in [9.17, 15) is 23.1 Å². The van der Waals surface area contributed by atoms with Gasteiger partial charge in [-0.05, 0) is 41.7 Å². The van der Waals surface area contributed by atoms with Gasteiger partial charge in [0.05, 0.1) is 0 Å². The first-order chi connectivity index (χ1) is 15.3. The second-order valence-electron chi connectivity index (χ2n) is 7.26. The molecule has 1 heterocycles. The molecule has 1 amide bonds. The zero-order chi connectivity index (χ0) is 22.7. The molecule has 0 radical (unpaired) electrons. The molecule has 0 unspecified atom stereocenters. The van der Waals surface area contributed by atoms with E-state index in [0.717, 1.165) is 28.7 Å². The van der Waals surface area contributed by atoms with E-state index in [4.69, 9.17) is 4.74 Å². The van der Waals surface area contributed by atoms with E-state index in [1.807, 2.05) is 24.3 Å². The van der Waals surface area contributed by atoms with Gasteiger partial charge in [-0.15, -0.1) is 0 Å². The van der Waals surface area contributed by atoms with E-state index in [1.165, 1.54) is 29.8 Å². The number of hydrogen-bond donors (Lipinski definition) is 2. The van der Waals surface area contributed by atoms with Gasteiger partial charge >= 0.3 is 6.18 Å². The normalized spacial score (nSPS) is 13.0. The number of para-hydroxylation sites is 2. The van der Waals surface area contributed by atoms with E-state index >= 15 is 0 Å². The lowest BCUT2D eigenvalue weighted by Gasteiger charge is -2.15. The minimum Gasteiger partial charge on any atom is -0.506 e. The van der Waals surface area contributed by atoms with Gasteiger partial charge in [-0.2, -0.15) is 23.0 Å². The molecule has 166 valence electrons. The zero-order valence-electron chi connectivity index (χ0n) is 16.9. The highest BCUT2D eigenvalue weighted by atomic mass is 19.4. The third-order valence-electron chi connectivity index (χ3n) is 5.06. The van der Waals surface area contributed by atoms with Crippen LogP contribution in [0.25, 0.3) is 11.8 Å². The van der Waals surface area contributed by atoms with Crippen molar-refractivity contribution in [2.75, 3.05) is 6.61 Å². The maximum absolute atomic E-state index is 13.2. The molecular formula is C23H20F3N3O3. The Hall–Kier alpha value is -3.75. The number of hydrogen-bond acceptors (Lipinski definition) is 4. The number of phenols is 1. The summed E-state index contributed by atoms with van der Waals surface area (Å²) in [7, 11) is 0. The van der Waals surface area contributed by atoms with Gasteiger partial charge in [-0.1, -0.05) is 42.5 Å². The van der Waals surface area contributed by atoms with Crippen LogP contribution in [-0.2, 0) is 23.9 Å². The fourth-order valence-corrected chi connectivity index (χ4v) is 3.50. The highest BCUT2D eigenvalue weighted by molar-refractivity contribution is 5.77. The average Bonchev–Trinajstić information content (AvgIpc) is 3.21. The summed E-state index contributed by atoms with van der Waals surface area (Å²) in [5.74, 6) is -1.09. The van der Waals surface area contributed by atoms with Crippen LogP contribution < -0.4 is 10.1 Å². The molecule has 0 saturated carbocycles. The van der Waals surface area contributed by atoms with Gasteiger partial charge in [0.15, 0.2) is 12.3 Å². The van der Waals surface area contributed by atoms with Crippen LogP contribution in [0.1, 0.15) is 28.8 Å². The van der Waals surface area contributed by atoms with E-state index in [-0.39, 0.29) is 23.9 Å². The summed E-state index contributed by atoms with van der Waals surface area (Å²) in [6, 6.07) is 12.4. The van der Waals surface area contributed by atoms with E-state index in [2.05, 4.69) is 16.5 Å². The van der Waals surface area contributed by atoms with Crippen LogP contribution in [0.2, 0.25) is 0 Å². The van der Waals surface area contributed by atoms with E-state index < -0.39 is 24.4 Å². The molecule has 0 atom stereocenters. The molecule has 1 aliphatic rings. The van der Waals surface area contributed by atoms with Gasteiger partial charge in [0.2, 0.25) is 5.88 Å². The first-order valence-corrected chi connectivity index (χ1v) is 9.95. The topological polar surface area (TPSA) is 76.4 Å². The number of aromatic nitrogens is 2. The van der Waals surface area contributed by atoms with Gasteiger partial charge in [0, 0.05) is 12.6 Å². The third kappa shape index (κ3) is 4.61. The van der Waals surface area contributed by atoms with Crippen LogP contribution in [0.4, 0.5) is 13.2 Å². The number of allylic oxidation sites excluding steroid dienone is 1. The number of rotatable bonds is 6. The van der Waals surface area contributed by atoms with Crippen LogP contribution in [0.15, 0.2) is 54.6 Å². The van der Waals surface area contributed by atoms with E-state index in [0.29, 0.717) is 6.07 Å². The number of alkyl halides is 3. The van der Waals surface area contributed by atoms with Crippen LogP contribution in [-0.4, -0.2) is 27.4 Å². The molecule has 0 saturated heterocycles. The number of amides is 1. The molecule has 9 heteroatoms. The molecule has 1 aliphatic carbocycles. The summed E-state index contributed by atoms with van der Waals surface area (Å²) in [5, 5.41) is 16.2. The molecular weight excluding hydrogens is 423 g/mol. The summed E-state index contributed by atoms with van der Waals surface area (Å²) in [6.07, 6.45) is 1.31. The molecule has 2 N–H and O–H groups in total. The predicted octanol–water partition coefficient (Wildman–Crippen LogP) is 4.25. The molecule has 32 heavy (non-hydrogen) atoms. The first kappa shape index (κ1) is 21.5. The lowest BCUT2D eigenvalue weighted by Crippen LogP contribution is -2.29. The lowest BCUT2D eigenvalue weighted by atomic mass is 9.93. The third-order valence-corrected chi connectivity index (χ3v) is 5.06. The molecule has 0 spiro atoms. The van der Waals surface area contributed by atoms with Crippen LogP contribution in [0, 0.1) is 0 Å². The molecule has 0 bridgehead atoms. The van der Waals surface area contributed by atoms with Crippen molar-refractivity contribution in [1.29, 1.82) is 0 Å². The van der Waals surface area contributed by atoms with Crippen molar-refractivity contribution in [2.45, 2.75) is 25.6 Å². The number of carbonyl (C=O) groups is 1. The smallest absolute Gasteiger partial charge is 0.435 e. The Labute approximate surface area is 181 Å². The van der Waals surface area contributed by atoms with Crippen molar-refractivity contribution in [3.63, 3.8) is 0 Å². The lowest BCUT2D eigenvalue weighted by molar-refractivity contribution is -0.141. The van der Waals surface area contributed by atoms with Gasteiger partial charge < -0.3 is 15.2 Å². The quantitative estimate of drug-likeness (QED) is 0.597. The summed E-state index contributed by atoms with van der Waals surface area (Å²) in [6.45, 7) is -0.246. The number of carbonyl (C=O) groups excluding carboxylic acids is 1. The highest BCUT2D eigenvalue weighted by Gasteiger charge is 2.36. The summed E-state index contributed by atoms with van der Waals surface area (Å²) >= 11 is 0. The number of fused-ring (bicyclic) bond motifs is 1. The number of phenolic OH excluding ortho intramolecular Hbond substituents is 1. The average molecular weight is 443 g/mol. The van der Waals surface area contributed by atoms with Gasteiger partial charge in [-0.3, -0.25) is 4.79 Å². The fraction of sp³-hybridized carbons (Fsp3) is 0.217. The number of aryl methyl sites for hydroxylation is 1. The highest BCUT2D eigenvalue weighted by Crippen LogP contribution is 2.33. The number of nitrogens with zero attached hydrogens (tertiary/aromatic N) is 2. The monoisotopic (exact) mass is 443 g/mol. The number of aromatic hydroxyl groups is 1. The van der Waals surface area contributed by atoms with Crippen molar-refractivity contribution in [3.8, 4) is 17.3 Å². The van der Waals surface area contributed by atoms with Crippen molar-refractivity contribution in [2.24, 2.45) is 0 Å².